The molecule has 1 atom stereocenters. The molecule has 1 aliphatic carbocycles. The van der Waals surface area contributed by atoms with E-state index >= 15 is 0 Å². The molecular weight excluding hydrogens is 508 g/mol. The Morgan fingerprint density at radius 3 is 2.05 bits per heavy atom. The van der Waals surface area contributed by atoms with Gasteiger partial charge >= 0.3 is 0 Å². The molecule has 1 aliphatic heterocycles. The largest absolute Gasteiger partial charge is 0.331 e. The highest BCUT2D eigenvalue weighted by Gasteiger charge is 2.32. The number of thiazole rings is 1. The normalized spacial score (nSPS) is 17.3. The van der Waals surface area contributed by atoms with E-state index in [1.165, 1.54) is 6.92 Å². The van der Waals surface area contributed by atoms with Gasteiger partial charge in [-0.15, -0.1) is 23.7 Å². The van der Waals surface area contributed by atoms with Crippen LogP contribution in [-0.2, 0) is 14.4 Å². The minimum atomic E-state index is -0.397. The molecule has 2 fully saturated rings. The molecule has 0 radical (unpaired) electrons. The van der Waals surface area contributed by atoms with Crippen LogP contribution in [0.15, 0.2) is 53.9 Å². The highest BCUT2D eigenvalue weighted by atomic mass is 35.5. The first kappa shape index (κ1) is 26.8. The second kappa shape index (κ2) is 11.9. The third kappa shape index (κ3) is 6.19. The van der Waals surface area contributed by atoms with E-state index in [0.717, 1.165) is 59.6 Å². The zero-order chi connectivity index (χ0) is 25.1. The van der Waals surface area contributed by atoms with Crippen molar-refractivity contribution in [2.45, 2.75) is 51.5 Å². The highest BCUT2D eigenvalue weighted by molar-refractivity contribution is 7.13. The average Bonchev–Trinajstić information content (AvgIpc) is 3.67. The summed E-state index contributed by atoms with van der Waals surface area (Å²) in [4.78, 5) is 43.2. The molecule has 2 heterocycles. The van der Waals surface area contributed by atoms with Crippen LogP contribution in [0.3, 0.4) is 0 Å². The number of amides is 3. The molecular formula is C28H31ClN4O3S. The van der Waals surface area contributed by atoms with E-state index in [4.69, 9.17) is 4.98 Å². The van der Waals surface area contributed by atoms with E-state index in [2.05, 4.69) is 10.6 Å². The maximum Gasteiger partial charge on any atom is 0.247 e. The number of halogens is 1. The minimum absolute atomic E-state index is 0. The molecule has 1 saturated heterocycles. The molecule has 5 rings (SSSR count). The van der Waals surface area contributed by atoms with E-state index in [-0.39, 0.29) is 36.0 Å². The number of hydrogen-bond acceptors (Lipinski definition) is 5. The van der Waals surface area contributed by atoms with Crippen LogP contribution in [0.25, 0.3) is 21.8 Å². The van der Waals surface area contributed by atoms with Crippen molar-refractivity contribution in [3.8, 4) is 21.8 Å². The van der Waals surface area contributed by atoms with Crippen molar-refractivity contribution in [1.82, 2.24) is 9.88 Å². The van der Waals surface area contributed by atoms with E-state index in [0.29, 0.717) is 18.7 Å². The summed E-state index contributed by atoms with van der Waals surface area (Å²) in [5, 5.41) is 8.88. The Morgan fingerprint density at radius 1 is 0.838 bits per heavy atom. The molecule has 3 aromatic rings. The summed E-state index contributed by atoms with van der Waals surface area (Å²) in [6.45, 7) is 2.14. The molecule has 2 aliphatic rings. The predicted molar refractivity (Wildman–Crippen MR) is 150 cm³/mol. The summed E-state index contributed by atoms with van der Waals surface area (Å²) in [7, 11) is 0. The zero-order valence-corrected chi connectivity index (χ0v) is 22.4. The Labute approximate surface area is 227 Å². The molecule has 9 heteroatoms. The van der Waals surface area contributed by atoms with E-state index in [1.807, 2.05) is 53.9 Å². The minimum Gasteiger partial charge on any atom is -0.331 e. The lowest BCUT2D eigenvalue weighted by atomic mass is 10.1. The van der Waals surface area contributed by atoms with Gasteiger partial charge in [-0.25, -0.2) is 4.98 Å². The number of nitrogens with one attached hydrogen (secondary N) is 2. The van der Waals surface area contributed by atoms with Gasteiger partial charge in [-0.3, -0.25) is 14.4 Å². The molecule has 7 nitrogen and oxygen atoms in total. The first-order valence-corrected chi connectivity index (χ1v) is 13.4. The molecule has 0 bridgehead atoms. The highest BCUT2D eigenvalue weighted by Crippen LogP contribution is 2.31. The van der Waals surface area contributed by atoms with Crippen molar-refractivity contribution in [2.75, 3.05) is 17.2 Å². The van der Waals surface area contributed by atoms with Gasteiger partial charge in [0.25, 0.3) is 0 Å². The SMILES string of the molecule is CC(=O)N1CCC[C@H]1C(=O)Nc1ccc(-c2nc(-c3ccc(NC(=O)C4CCCC4)cc3)cs2)cc1.Cl. The standard InChI is InChI=1S/C28H30N4O3S.ClH/c1-18(33)32-16-4-7-25(32)27(35)30-23-14-10-21(11-15-23)28-31-24(17-36-28)19-8-12-22(13-9-19)29-26(34)20-5-2-3-6-20;/h8-15,17,20,25H,2-7,16H2,1H3,(H,29,34)(H,30,35);1H/t25-;/m0./s1. The Morgan fingerprint density at radius 2 is 1.43 bits per heavy atom. The van der Waals surface area contributed by atoms with Crippen LogP contribution in [-0.4, -0.2) is 40.2 Å². The number of carbonyl (C=O) groups is 3. The van der Waals surface area contributed by atoms with Crippen molar-refractivity contribution >= 4 is 52.8 Å². The van der Waals surface area contributed by atoms with Crippen LogP contribution in [0.4, 0.5) is 11.4 Å². The number of rotatable bonds is 6. The van der Waals surface area contributed by atoms with Gasteiger partial charge in [-0.2, -0.15) is 0 Å². The molecule has 3 amide bonds. The molecule has 2 N–H and O–H groups in total. The Balaban J connectivity index is 0.00000320. The lowest BCUT2D eigenvalue weighted by molar-refractivity contribution is -0.134. The number of benzene rings is 2. The molecule has 1 saturated carbocycles. The van der Waals surface area contributed by atoms with Crippen LogP contribution in [0, 0.1) is 5.92 Å². The van der Waals surface area contributed by atoms with Gasteiger partial charge in [0.2, 0.25) is 17.7 Å². The number of nitrogens with zero attached hydrogens (tertiary/aromatic N) is 2. The van der Waals surface area contributed by atoms with Crippen molar-refractivity contribution in [3.05, 3.63) is 53.9 Å². The fourth-order valence-electron chi connectivity index (χ4n) is 5.03. The molecule has 37 heavy (non-hydrogen) atoms. The number of aromatic nitrogens is 1. The monoisotopic (exact) mass is 538 g/mol. The smallest absolute Gasteiger partial charge is 0.247 e. The summed E-state index contributed by atoms with van der Waals surface area (Å²) in [5.41, 5.74) is 4.35. The number of carbonyl (C=O) groups excluding carboxylic acids is 3. The van der Waals surface area contributed by atoms with Gasteiger partial charge in [-0.05, 0) is 62.1 Å². The summed E-state index contributed by atoms with van der Waals surface area (Å²) in [6.07, 6.45) is 5.79. The molecule has 1 aromatic heterocycles. The van der Waals surface area contributed by atoms with Crippen LogP contribution < -0.4 is 10.6 Å². The first-order chi connectivity index (χ1) is 17.5. The van der Waals surface area contributed by atoms with E-state index < -0.39 is 6.04 Å². The van der Waals surface area contributed by atoms with Crippen LogP contribution in [0.2, 0.25) is 0 Å². The van der Waals surface area contributed by atoms with Gasteiger partial charge in [0, 0.05) is 47.3 Å². The maximum atomic E-state index is 12.7. The summed E-state index contributed by atoms with van der Waals surface area (Å²) < 4.78 is 0. The summed E-state index contributed by atoms with van der Waals surface area (Å²) in [6, 6.07) is 15.0. The Kier molecular flexibility index (Phi) is 8.61. The second-order valence-electron chi connectivity index (χ2n) is 9.52. The van der Waals surface area contributed by atoms with E-state index in [9.17, 15) is 14.4 Å². The molecule has 0 unspecified atom stereocenters. The molecule has 0 spiro atoms. The Bertz CT molecular complexity index is 1250. The topological polar surface area (TPSA) is 91.4 Å². The van der Waals surface area contributed by atoms with Gasteiger partial charge in [0.15, 0.2) is 0 Å². The number of likely N-dealkylation sites (tertiary alicyclic amines) is 1. The molecule has 194 valence electrons. The van der Waals surface area contributed by atoms with Crippen molar-refractivity contribution in [1.29, 1.82) is 0 Å². The quantitative estimate of drug-likeness (QED) is 0.404. The van der Waals surface area contributed by atoms with Crippen molar-refractivity contribution in [2.24, 2.45) is 5.92 Å². The lowest BCUT2D eigenvalue weighted by Crippen LogP contribution is -2.42. The predicted octanol–water partition coefficient (Wildman–Crippen LogP) is 5.98. The maximum absolute atomic E-state index is 12.7. The zero-order valence-electron chi connectivity index (χ0n) is 20.7. The van der Waals surface area contributed by atoms with Crippen LogP contribution in [0.1, 0.15) is 45.4 Å². The lowest BCUT2D eigenvalue weighted by Gasteiger charge is -2.22. The summed E-state index contributed by atoms with van der Waals surface area (Å²) in [5.74, 6) is 0.0552. The number of anilines is 2. The third-order valence-corrected chi connectivity index (χ3v) is 7.93. The van der Waals surface area contributed by atoms with Crippen LogP contribution >= 0.6 is 23.7 Å². The fraction of sp³-hybridized carbons (Fsp3) is 0.357. The van der Waals surface area contributed by atoms with Gasteiger partial charge < -0.3 is 15.5 Å². The first-order valence-electron chi connectivity index (χ1n) is 12.5. The second-order valence-corrected chi connectivity index (χ2v) is 10.4. The average molecular weight is 539 g/mol. The van der Waals surface area contributed by atoms with Crippen molar-refractivity contribution < 1.29 is 14.4 Å². The van der Waals surface area contributed by atoms with Crippen molar-refractivity contribution in [3.63, 3.8) is 0 Å². The van der Waals surface area contributed by atoms with Gasteiger partial charge in [0.05, 0.1) is 5.69 Å². The van der Waals surface area contributed by atoms with Gasteiger partial charge in [-0.1, -0.05) is 25.0 Å². The molecule has 2 aromatic carbocycles. The fourth-order valence-corrected chi connectivity index (χ4v) is 5.87. The Hall–Kier alpha value is -3.23. The van der Waals surface area contributed by atoms with E-state index in [1.54, 1.807) is 16.2 Å². The summed E-state index contributed by atoms with van der Waals surface area (Å²) >= 11 is 1.56. The van der Waals surface area contributed by atoms with Crippen LogP contribution in [0.5, 0.6) is 0 Å². The van der Waals surface area contributed by atoms with Gasteiger partial charge in [0.1, 0.15) is 11.0 Å². The number of hydrogen-bond donors (Lipinski definition) is 2. The third-order valence-electron chi connectivity index (χ3n) is 7.04.